The highest BCUT2D eigenvalue weighted by Crippen LogP contribution is 2.27. The van der Waals surface area contributed by atoms with E-state index in [1.807, 2.05) is 0 Å². The Morgan fingerprint density at radius 2 is 2.00 bits per heavy atom. The van der Waals surface area contributed by atoms with Gasteiger partial charge in [0.15, 0.2) is 0 Å². The van der Waals surface area contributed by atoms with Crippen LogP contribution in [0.15, 0.2) is 23.3 Å². The molecule has 1 aromatic carbocycles. The molecular weight excluding hydrogens is 349 g/mol. The summed E-state index contributed by atoms with van der Waals surface area (Å²) in [5.41, 5.74) is 0.170. The summed E-state index contributed by atoms with van der Waals surface area (Å²) in [6, 6.07) is 3.16. The molecule has 1 aliphatic rings. The molecule has 1 aliphatic heterocycles. The van der Waals surface area contributed by atoms with Gasteiger partial charge in [0.05, 0.1) is 33.5 Å². The fourth-order valence-electron chi connectivity index (χ4n) is 2.49. The lowest BCUT2D eigenvalue weighted by Crippen LogP contribution is -2.51. The van der Waals surface area contributed by atoms with Gasteiger partial charge in [0, 0.05) is 25.6 Å². The summed E-state index contributed by atoms with van der Waals surface area (Å²) in [6.07, 6.45) is 2.61. The molecule has 0 atom stereocenters. The number of hydrogen-bond donors (Lipinski definition) is 0. The molecule has 0 N–H and O–H groups in total. The number of aromatic nitrogens is 2. The summed E-state index contributed by atoms with van der Waals surface area (Å²) in [5.74, 6) is 0.106. The first-order valence-corrected chi connectivity index (χ1v) is 9.16. The largest absolute Gasteiger partial charge is 0.298 e. The van der Waals surface area contributed by atoms with E-state index in [9.17, 15) is 13.2 Å². The van der Waals surface area contributed by atoms with Gasteiger partial charge in [-0.2, -0.15) is 0 Å². The second kappa shape index (κ2) is 5.49. The molecule has 9 heteroatoms. The van der Waals surface area contributed by atoms with Gasteiger partial charge in [-0.1, -0.05) is 23.2 Å². The molecule has 2 aromatic rings. The van der Waals surface area contributed by atoms with Crippen molar-refractivity contribution >= 4 is 44.1 Å². The first-order chi connectivity index (χ1) is 10.3. The van der Waals surface area contributed by atoms with Crippen molar-refractivity contribution in [2.75, 3.05) is 19.3 Å². The van der Waals surface area contributed by atoms with Gasteiger partial charge in [-0.15, -0.1) is 0 Å². The van der Waals surface area contributed by atoms with Crippen molar-refractivity contribution in [3.8, 4) is 0 Å². The number of sulfonamides is 1. The third kappa shape index (κ3) is 2.74. The Morgan fingerprint density at radius 3 is 2.64 bits per heavy atom. The smallest absolute Gasteiger partial charge is 0.261 e. The van der Waals surface area contributed by atoms with Crippen molar-refractivity contribution in [1.29, 1.82) is 0 Å². The number of fused-ring (bicyclic) bond motifs is 1. The van der Waals surface area contributed by atoms with E-state index in [0.29, 0.717) is 35.6 Å². The Kier molecular flexibility index (Phi) is 3.92. The highest BCUT2D eigenvalue weighted by atomic mass is 35.5. The van der Waals surface area contributed by atoms with E-state index in [4.69, 9.17) is 23.2 Å². The van der Waals surface area contributed by atoms with Crippen molar-refractivity contribution in [2.45, 2.75) is 6.54 Å². The molecule has 1 fully saturated rings. The minimum Gasteiger partial charge on any atom is -0.298 e. The minimum atomic E-state index is -3.15. The summed E-state index contributed by atoms with van der Waals surface area (Å²) in [4.78, 5) is 16.6. The van der Waals surface area contributed by atoms with Crippen LogP contribution >= 0.6 is 23.2 Å². The van der Waals surface area contributed by atoms with Gasteiger partial charge in [-0.25, -0.2) is 17.7 Å². The molecule has 0 amide bonds. The average Bonchev–Trinajstić information content (AvgIpc) is 2.38. The third-order valence-electron chi connectivity index (χ3n) is 3.73. The lowest BCUT2D eigenvalue weighted by atomic mass is 10.0. The molecule has 2 heterocycles. The number of hydrogen-bond acceptors (Lipinski definition) is 4. The van der Waals surface area contributed by atoms with Gasteiger partial charge in [-0.3, -0.25) is 9.36 Å². The van der Waals surface area contributed by atoms with Crippen LogP contribution in [0.1, 0.15) is 0 Å². The van der Waals surface area contributed by atoms with Crippen molar-refractivity contribution in [1.82, 2.24) is 13.9 Å². The lowest BCUT2D eigenvalue weighted by molar-refractivity contribution is 0.179. The van der Waals surface area contributed by atoms with Gasteiger partial charge in [0.25, 0.3) is 5.56 Å². The standard InChI is InChI=1S/C13H13Cl2N3O3S/c1-22(20,21)18-5-8(6-18)4-17-7-16-12-9(13(17)19)2-3-10(14)11(12)15/h2-3,7-8H,4-6H2,1H3. The molecule has 0 radical (unpaired) electrons. The van der Waals surface area contributed by atoms with Crippen molar-refractivity contribution in [3.05, 3.63) is 38.9 Å². The minimum absolute atomic E-state index is 0.106. The number of halogens is 2. The fourth-order valence-corrected chi connectivity index (χ4v) is 3.82. The van der Waals surface area contributed by atoms with Crippen LogP contribution in [0.2, 0.25) is 10.0 Å². The summed E-state index contributed by atoms with van der Waals surface area (Å²) >= 11 is 12.0. The van der Waals surface area contributed by atoms with E-state index < -0.39 is 10.0 Å². The maximum atomic E-state index is 12.4. The zero-order valence-electron chi connectivity index (χ0n) is 11.7. The summed E-state index contributed by atoms with van der Waals surface area (Å²) < 4.78 is 25.5. The molecule has 0 aliphatic carbocycles. The molecular formula is C13H13Cl2N3O3S. The molecule has 0 unspecified atom stereocenters. The molecule has 1 saturated heterocycles. The van der Waals surface area contributed by atoms with Crippen molar-refractivity contribution in [3.63, 3.8) is 0 Å². The van der Waals surface area contributed by atoms with E-state index in [0.717, 1.165) is 0 Å². The number of rotatable bonds is 3. The number of nitrogens with zero attached hydrogens (tertiary/aromatic N) is 3. The van der Waals surface area contributed by atoms with Crippen LogP contribution in [-0.4, -0.2) is 41.6 Å². The normalized spacial score (nSPS) is 16.9. The summed E-state index contributed by atoms with van der Waals surface area (Å²) in [5, 5.41) is 1.01. The Morgan fingerprint density at radius 1 is 1.32 bits per heavy atom. The second-order valence-electron chi connectivity index (χ2n) is 5.41. The average molecular weight is 362 g/mol. The van der Waals surface area contributed by atoms with Gasteiger partial charge in [0.2, 0.25) is 10.0 Å². The molecule has 118 valence electrons. The Bertz CT molecular complexity index is 905. The van der Waals surface area contributed by atoms with Crippen LogP contribution in [0, 0.1) is 5.92 Å². The highest BCUT2D eigenvalue weighted by Gasteiger charge is 2.33. The topological polar surface area (TPSA) is 72.3 Å². The maximum Gasteiger partial charge on any atom is 0.261 e. The van der Waals surface area contributed by atoms with E-state index in [-0.39, 0.29) is 16.5 Å². The van der Waals surface area contributed by atoms with Crippen LogP contribution in [0.25, 0.3) is 10.9 Å². The Balaban J connectivity index is 1.86. The van der Waals surface area contributed by atoms with E-state index >= 15 is 0 Å². The third-order valence-corrected chi connectivity index (χ3v) is 5.76. The van der Waals surface area contributed by atoms with Crippen molar-refractivity contribution in [2.24, 2.45) is 5.92 Å². The van der Waals surface area contributed by atoms with Gasteiger partial charge in [0.1, 0.15) is 0 Å². The van der Waals surface area contributed by atoms with Crippen LogP contribution < -0.4 is 5.56 Å². The van der Waals surface area contributed by atoms with E-state index in [1.165, 1.54) is 21.5 Å². The zero-order valence-corrected chi connectivity index (χ0v) is 14.0. The van der Waals surface area contributed by atoms with E-state index in [2.05, 4.69) is 4.98 Å². The fraction of sp³-hybridized carbons (Fsp3) is 0.385. The monoisotopic (exact) mass is 361 g/mol. The van der Waals surface area contributed by atoms with Crippen LogP contribution in [-0.2, 0) is 16.6 Å². The molecule has 0 bridgehead atoms. The maximum absolute atomic E-state index is 12.4. The Hall–Kier alpha value is -1.15. The van der Waals surface area contributed by atoms with Gasteiger partial charge >= 0.3 is 0 Å². The summed E-state index contributed by atoms with van der Waals surface area (Å²) in [6.45, 7) is 1.27. The van der Waals surface area contributed by atoms with Crippen LogP contribution in [0.4, 0.5) is 0 Å². The summed E-state index contributed by atoms with van der Waals surface area (Å²) in [7, 11) is -3.15. The molecule has 6 nitrogen and oxygen atoms in total. The predicted octanol–water partition coefficient (Wildman–Crippen LogP) is 1.59. The zero-order chi connectivity index (χ0) is 16.1. The molecule has 22 heavy (non-hydrogen) atoms. The molecule has 3 rings (SSSR count). The SMILES string of the molecule is CS(=O)(=O)N1CC(Cn2cnc3c(Cl)c(Cl)ccc3c2=O)C1. The van der Waals surface area contributed by atoms with Crippen molar-refractivity contribution < 1.29 is 8.42 Å². The quantitative estimate of drug-likeness (QED) is 0.832. The van der Waals surface area contributed by atoms with Crippen LogP contribution in [0.5, 0.6) is 0 Å². The molecule has 1 aromatic heterocycles. The van der Waals surface area contributed by atoms with E-state index in [1.54, 1.807) is 12.1 Å². The highest BCUT2D eigenvalue weighted by molar-refractivity contribution is 7.88. The van der Waals surface area contributed by atoms with Crippen LogP contribution in [0.3, 0.4) is 0 Å². The van der Waals surface area contributed by atoms with Gasteiger partial charge in [-0.05, 0) is 12.1 Å². The Labute approximate surface area is 137 Å². The number of benzene rings is 1. The van der Waals surface area contributed by atoms with Gasteiger partial charge < -0.3 is 0 Å². The first kappa shape index (κ1) is 15.7. The molecule has 0 spiro atoms. The first-order valence-electron chi connectivity index (χ1n) is 6.55. The lowest BCUT2D eigenvalue weighted by Gasteiger charge is -2.37. The second-order valence-corrected chi connectivity index (χ2v) is 8.17. The molecule has 0 saturated carbocycles. The predicted molar refractivity (Wildman–Crippen MR) is 85.9 cm³/mol.